The van der Waals surface area contributed by atoms with Crippen LogP contribution in [0.3, 0.4) is 0 Å². The Labute approximate surface area is 79.7 Å². The van der Waals surface area contributed by atoms with Crippen molar-refractivity contribution in [1.82, 2.24) is 10.6 Å². The number of aliphatic hydroxyl groups is 1. The molecule has 0 saturated carbocycles. The summed E-state index contributed by atoms with van der Waals surface area (Å²) in [6.07, 6.45) is 1.66. The van der Waals surface area contributed by atoms with Gasteiger partial charge in [-0.3, -0.25) is 4.79 Å². The van der Waals surface area contributed by atoms with Crippen molar-refractivity contribution < 1.29 is 9.90 Å². The second-order valence-electron chi connectivity index (χ2n) is 3.27. The molecule has 1 amide bonds. The fourth-order valence-electron chi connectivity index (χ4n) is 1.20. The van der Waals surface area contributed by atoms with Gasteiger partial charge in [0.1, 0.15) is 0 Å². The molecule has 0 fully saturated rings. The van der Waals surface area contributed by atoms with E-state index in [1.807, 2.05) is 13.8 Å². The van der Waals surface area contributed by atoms with Gasteiger partial charge in [-0.1, -0.05) is 0 Å². The molecule has 4 nitrogen and oxygen atoms in total. The van der Waals surface area contributed by atoms with Crippen LogP contribution in [0.2, 0.25) is 0 Å². The van der Waals surface area contributed by atoms with Crippen LogP contribution in [0.25, 0.3) is 0 Å². The lowest BCUT2D eigenvalue weighted by molar-refractivity contribution is -0.122. The maximum atomic E-state index is 11.1. The van der Waals surface area contributed by atoms with Gasteiger partial charge >= 0.3 is 0 Å². The van der Waals surface area contributed by atoms with Gasteiger partial charge in [0.05, 0.1) is 6.04 Å². The van der Waals surface area contributed by atoms with Crippen molar-refractivity contribution >= 4 is 5.91 Å². The first-order chi connectivity index (χ1) is 6.11. The van der Waals surface area contributed by atoms with E-state index in [0.717, 1.165) is 12.8 Å². The number of hydrogen-bond donors (Lipinski definition) is 3. The fourth-order valence-corrected chi connectivity index (χ4v) is 1.20. The summed E-state index contributed by atoms with van der Waals surface area (Å²) >= 11 is 0. The summed E-state index contributed by atoms with van der Waals surface area (Å²) in [7, 11) is 1.62. The van der Waals surface area contributed by atoms with Gasteiger partial charge in [-0.2, -0.15) is 0 Å². The zero-order valence-electron chi connectivity index (χ0n) is 8.63. The van der Waals surface area contributed by atoms with Crippen LogP contribution in [0.5, 0.6) is 0 Å². The molecule has 78 valence electrons. The number of carbonyl (C=O) groups is 1. The lowest BCUT2D eigenvalue weighted by Gasteiger charge is -2.18. The normalized spacial score (nSPS) is 15.1. The molecule has 0 bridgehead atoms. The van der Waals surface area contributed by atoms with E-state index < -0.39 is 0 Å². The number of carbonyl (C=O) groups excluding carboxylic acids is 1. The zero-order valence-corrected chi connectivity index (χ0v) is 8.63. The maximum Gasteiger partial charge on any atom is 0.236 e. The van der Waals surface area contributed by atoms with Crippen molar-refractivity contribution in [3.05, 3.63) is 0 Å². The quantitative estimate of drug-likeness (QED) is 0.544. The minimum atomic E-state index is -0.168. The van der Waals surface area contributed by atoms with Crippen LogP contribution in [0, 0.1) is 0 Å². The van der Waals surface area contributed by atoms with Gasteiger partial charge < -0.3 is 15.7 Å². The summed E-state index contributed by atoms with van der Waals surface area (Å²) in [5.41, 5.74) is 0. The number of hydrogen-bond acceptors (Lipinski definition) is 3. The van der Waals surface area contributed by atoms with E-state index in [-0.39, 0.29) is 24.6 Å². The number of likely N-dealkylation sites (N-methyl/N-ethyl adjacent to an activating group) is 1. The highest BCUT2D eigenvalue weighted by molar-refractivity contribution is 5.80. The highest BCUT2D eigenvalue weighted by atomic mass is 16.2. The Kier molecular flexibility index (Phi) is 6.54. The van der Waals surface area contributed by atoms with E-state index in [0.29, 0.717) is 0 Å². The van der Waals surface area contributed by atoms with Crippen LogP contribution in [-0.4, -0.2) is 36.8 Å². The molecule has 0 rings (SSSR count). The molecular weight excluding hydrogens is 168 g/mol. The van der Waals surface area contributed by atoms with Crippen molar-refractivity contribution in [2.24, 2.45) is 0 Å². The Bertz CT molecular complexity index is 151. The summed E-state index contributed by atoms with van der Waals surface area (Å²) < 4.78 is 0. The molecule has 0 aromatic rings. The van der Waals surface area contributed by atoms with Crippen molar-refractivity contribution in [3.63, 3.8) is 0 Å². The summed E-state index contributed by atoms with van der Waals surface area (Å²) in [6, 6.07) is 0.0955. The molecule has 0 aliphatic rings. The molecule has 0 saturated heterocycles. The summed E-state index contributed by atoms with van der Waals surface area (Å²) in [4.78, 5) is 11.1. The SMILES string of the molecule is CNC(=O)C(C)NC(C)CCCO. The minimum absolute atomic E-state index is 0.00384. The Hall–Kier alpha value is -0.610. The monoisotopic (exact) mass is 188 g/mol. The third-order valence-electron chi connectivity index (χ3n) is 1.97. The molecule has 13 heavy (non-hydrogen) atoms. The van der Waals surface area contributed by atoms with Gasteiger partial charge in [-0.15, -0.1) is 0 Å². The summed E-state index contributed by atoms with van der Waals surface area (Å²) in [5, 5.41) is 14.3. The van der Waals surface area contributed by atoms with Crippen molar-refractivity contribution in [2.45, 2.75) is 38.8 Å². The van der Waals surface area contributed by atoms with E-state index >= 15 is 0 Å². The van der Waals surface area contributed by atoms with Gasteiger partial charge in [-0.05, 0) is 26.7 Å². The lowest BCUT2D eigenvalue weighted by Crippen LogP contribution is -2.44. The molecule has 0 spiro atoms. The van der Waals surface area contributed by atoms with Gasteiger partial charge in [0.15, 0.2) is 0 Å². The zero-order chi connectivity index (χ0) is 10.3. The predicted molar refractivity (Wildman–Crippen MR) is 52.4 cm³/mol. The van der Waals surface area contributed by atoms with E-state index in [1.165, 1.54) is 0 Å². The molecule has 3 N–H and O–H groups in total. The molecule has 0 aromatic heterocycles. The average Bonchev–Trinajstić information content (AvgIpc) is 2.13. The van der Waals surface area contributed by atoms with E-state index in [1.54, 1.807) is 7.05 Å². The average molecular weight is 188 g/mol. The standard InChI is InChI=1S/C9H20N2O2/c1-7(5-4-6-12)11-8(2)9(13)10-3/h7-8,11-12H,4-6H2,1-3H3,(H,10,13). The Morgan fingerprint density at radius 1 is 1.46 bits per heavy atom. The number of amides is 1. The first-order valence-corrected chi connectivity index (χ1v) is 4.70. The second kappa shape index (κ2) is 6.86. The van der Waals surface area contributed by atoms with E-state index in [4.69, 9.17) is 5.11 Å². The first-order valence-electron chi connectivity index (χ1n) is 4.70. The van der Waals surface area contributed by atoms with E-state index in [9.17, 15) is 4.79 Å². The molecule has 0 radical (unpaired) electrons. The van der Waals surface area contributed by atoms with Gasteiger partial charge in [0, 0.05) is 19.7 Å². The van der Waals surface area contributed by atoms with Crippen LogP contribution < -0.4 is 10.6 Å². The van der Waals surface area contributed by atoms with Crippen LogP contribution in [0.1, 0.15) is 26.7 Å². The number of rotatable bonds is 6. The highest BCUT2D eigenvalue weighted by Crippen LogP contribution is 1.96. The van der Waals surface area contributed by atoms with Crippen molar-refractivity contribution in [2.75, 3.05) is 13.7 Å². The summed E-state index contributed by atoms with van der Waals surface area (Å²) in [6.45, 7) is 4.05. The molecule has 0 heterocycles. The molecule has 2 unspecified atom stereocenters. The first kappa shape index (κ1) is 12.4. The third-order valence-corrected chi connectivity index (χ3v) is 1.97. The molecule has 0 aromatic carbocycles. The molecule has 2 atom stereocenters. The summed E-state index contributed by atoms with van der Waals surface area (Å²) in [5.74, 6) is -0.00384. The van der Waals surface area contributed by atoms with Crippen molar-refractivity contribution in [1.29, 1.82) is 0 Å². The molecule has 0 aliphatic carbocycles. The minimum Gasteiger partial charge on any atom is -0.396 e. The largest absolute Gasteiger partial charge is 0.396 e. The third kappa shape index (κ3) is 5.60. The Balaban J connectivity index is 3.64. The van der Waals surface area contributed by atoms with Crippen LogP contribution in [-0.2, 0) is 4.79 Å². The predicted octanol–water partition coefficient (Wildman–Crippen LogP) is -0.128. The molecule has 0 aliphatic heterocycles. The van der Waals surface area contributed by atoms with Gasteiger partial charge in [-0.25, -0.2) is 0 Å². The second-order valence-corrected chi connectivity index (χ2v) is 3.27. The van der Waals surface area contributed by atoms with Crippen molar-refractivity contribution in [3.8, 4) is 0 Å². The fraction of sp³-hybridized carbons (Fsp3) is 0.889. The van der Waals surface area contributed by atoms with Gasteiger partial charge in [0.25, 0.3) is 0 Å². The lowest BCUT2D eigenvalue weighted by atomic mass is 10.1. The van der Waals surface area contributed by atoms with Crippen LogP contribution in [0.15, 0.2) is 0 Å². The number of aliphatic hydroxyl groups excluding tert-OH is 1. The van der Waals surface area contributed by atoms with Crippen LogP contribution in [0.4, 0.5) is 0 Å². The topological polar surface area (TPSA) is 61.4 Å². The highest BCUT2D eigenvalue weighted by Gasteiger charge is 2.12. The number of nitrogens with one attached hydrogen (secondary N) is 2. The molecular formula is C9H20N2O2. The van der Waals surface area contributed by atoms with Crippen LogP contribution >= 0.6 is 0 Å². The van der Waals surface area contributed by atoms with Gasteiger partial charge in [0.2, 0.25) is 5.91 Å². The maximum absolute atomic E-state index is 11.1. The smallest absolute Gasteiger partial charge is 0.236 e. The van der Waals surface area contributed by atoms with E-state index in [2.05, 4.69) is 10.6 Å². The molecule has 4 heteroatoms. The Morgan fingerprint density at radius 3 is 2.54 bits per heavy atom. The Morgan fingerprint density at radius 2 is 2.08 bits per heavy atom.